The highest BCUT2D eigenvalue weighted by molar-refractivity contribution is 8.00. The van der Waals surface area contributed by atoms with Crippen LogP contribution >= 0.6 is 11.8 Å². The van der Waals surface area contributed by atoms with Gasteiger partial charge in [0.25, 0.3) is 5.91 Å². The fraction of sp³-hybridized carbons (Fsp3) is 0.200. The van der Waals surface area contributed by atoms with E-state index in [-0.39, 0.29) is 17.9 Å². The van der Waals surface area contributed by atoms with Crippen molar-refractivity contribution in [2.24, 2.45) is 0 Å². The van der Waals surface area contributed by atoms with Gasteiger partial charge in [0.15, 0.2) is 0 Å². The summed E-state index contributed by atoms with van der Waals surface area (Å²) in [5, 5.41) is 3.05. The summed E-state index contributed by atoms with van der Waals surface area (Å²) in [7, 11) is 0. The fourth-order valence-corrected chi connectivity index (χ4v) is 4.41. The van der Waals surface area contributed by atoms with Crippen LogP contribution in [-0.4, -0.2) is 17.6 Å². The summed E-state index contributed by atoms with van der Waals surface area (Å²) < 4.78 is 0. The largest absolute Gasteiger partial charge is 0.346 e. The van der Waals surface area contributed by atoms with Crippen LogP contribution in [0.2, 0.25) is 0 Å². The van der Waals surface area contributed by atoms with Gasteiger partial charge in [0.05, 0.1) is 24.0 Å². The minimum Gasteiger partial charge on any atom is -0.346 e. The van der Waals surface area contributed by atoms with Crippen LogP contribution in [0.3, 0.4) is 0 Å². The molecule has 0 spiro atoms. The van der Waals surface area contributed by atoms with Crippen molar-refractivity contribution in [3.05, 3.63) is 95.1 Å². The molecule has 30 heavy (non-hydrogen) atoms. The van der Waals surface area contributed by atoms with Crippen molar-refractivity contribution in [2.45, 2.75) is 31.3 Å². The average molecular weight is 417 g/mol. The Morgan fingerprint density at radius 3 is 2.53 bits per heavy atom. The Morgan fingerprint density at radius 1 is 1.07 bits per heavy atom. The minimum absolute atomic E-state index is 0.0586. The highest BCUT2D eigenvalue weighted by Crippen LogP contribution is 2.37. The van der Waals surface area contributed by atoms with Gasteiger partial charge in [-0.15, -0.1) is 11.8 Å². The molecule has 1 heterocycles. The van der Waals surface area contributed by atoms with Gasteiger partial charge in [-0.3, -0.25) is 9.59 Å². The van der Waals surface area contributed by atoms with E-state index in [1.54, 1.807) is 4.90 Å². The summed E-state index contributed by atoms with van der Waals surface area (Å²) in [5.41, 5.74) is 4.67. The second-order valence-corrected chi connectivity index (χ2v) is 8.56. The Balaban J connectivity index is 1.57. The van der Waals surface area contributed by atoms with E-state index < -0.39 is 0 Å². The summed E-state index contributed by atoms with van der Waals surface area (Å²) in [4.78, 5) is 28.4. The van der Waals surface area contributed by atoms with Crippen molar-refractivity contribution < 1.29 is 9.59 Å². The predicted octanol–water partition coefficient (Wildman–Crippen LogP) is 5.12. The number of fused-ring (bicyclic) bond motifs is 1. The molecule has 1 aliphatic heterocycles. The van der Waals surface area contributed by atoms with E-state index in [9.17, 15) is 9.59 Å². The number of thioether (sulfide) groups is 1. The number of rotatable bonds is 5. The first-order valence-corrected chi connectivity index (χ1v) is 11.0. The second-order valence-electron chi connectivity index (χ2n) is 7.54. The van der Waals surface area contributed by atoms with E-state index in [1.165, 1.54) is 17.3 Å². The second kappa shape index (κ2) is 8.76. The van der Waals surface area contributed by atoms with E-state index >= 15 is 0 Å². The van der Waals surface area contributed by atoms with Crippen LogP contribution in [0, 0.1) is 6.92 Å². The molecular weight excluding hydrogens is 392 g/mol. The molecule has 2 amide bonds. The molecule has 1 unspecified atom stereocenters. The third-order valence-corrected chi connectivity index (χ3v) is 6.32. The van der Waals surface area contributed by atoms with Gasteiger partial charge < -0.3 is 10.2 Å². The standard InChI is InChI=1S/C25H24N2O2S/c1-17-8-10-19(11-9-17)15-27-22-14-21(12-13-23(22)30-16-24(27)28)25(29)26-18(2)20-6-4-3-5-7-20/h3-14,18H,15-16H2,1-2H3,(H,26,29). The van der Waals surface area contributed by atoms with Gasteiger partial charge in [-0.05, 0) is 43.2 Å². The molecule has 0 aromatic heterocycles. The van der Waals surface area contributed by atoms with Crippen molar-refractivity contribution in [3.8, 4) is 0 Å². The number of nitrogens with one attached hydrogen (secondary N) is 1. The Bertz CT molecular complexity index is 1060. The van der Waals surface area contributed by atoms with Gasteiger partial charge in [-0.1, -0.05) is 60.2 Å². The van der Waals surface area contributed by atoms with Crippen molar-refractivity contribution in [3.63, 3.8) is 0 Å². The first-order chi connectivity index (χ1) is 14.5. The molecule has 4 rings (SSSR count). The maximum atomic E-state index is 12.9. The van der Waals surface area contributed by atoms with Crippen molar-refractivity contribution in [2.75, 3.05) is 10.7 Å². The molecule has 0 bridgehead atoms. The SMILES string of the molecule is Cc1ccc(CN2C(=O)CSc3ccc(C(=O)NC(C)c4ccccc4)cc32)cc1. The Hall–Kier alpha value is -3.05. The highest BCUT2D eigenvalue weighted by Gasteiger charge is 2.26. The van der Waals surface area contributed by atoms with Gasteiger partial charge in [0.1, 0.15) is 0 Å². The molecule has 0 fully saturated rings. The van der Waals surface area contributed by atoms with Gasteiger partial charge in [0, 0.05) is 10.5 Å². The molecular formula is C25H24N2O2S. The quantitative estimate of drug-likeness (QED) is 0.628. The number of benzene rings is 3. The fourth-order valence-electron chi connectivity index (χ4n) is 3.50. The first kappa shape index (κ1) is 20.2. The Kier molecular flexibility index (Phi) is 5.91. The van der Waals surface area contributed by atoms with Crippen molar-refractivity contribution in [1.82, 2.24) is 5.32 Å². The first-order valence-electron chi connectivity index (χ1n) is 10.00. The lowest BCUT2D eigenvalue weighted by atomic mass is 10.1. The molecule has 0 saturated carbocycles. The van der Waals surface area contributed by atoms with Gasteiger partial charge in [-0.2, -0.15) is 0 Å². The summed E-state index contributed by atoms with van der Waals surface area (Å²) in [6.07, 6.45) is 0. The maximum Gasteiger partial charge on any atom is 0.251 e. The number of amides is 2. The third-order valence-electron chi connectivity index (χ3n) is 5.27. The average Bonchev–Trinajstić information content (AvgIpc) is 2.77. The lowest BCUT2D eigenvalue weighted by Gasteiger charge is -2.29. The number of aryl methyl sites for hydroxylation is 1. The van der Waals surface area contributed by atoms with Crippen LogP contribution in [-0.2, 0) is 11.3 Å². The molecule has 4 nitrogen and oxygen atoms in total. The van der Waals surface area contributed by atoms with Gasteiger partial charge in [0.2, 0.25) is 5.91 Å². The van der Waals surface area contributed by atoms with Gasteiger partial charge in [-0.25, -0.2) is 0 Å². The number of carbonyl (C=O) groups is 2. The molecule has 1 atom stereocenters. The zero-order chi connectivity index (χ0) is 21.1. The van der Waals surface area contributed by atoms with Crippen LogP contribution in [0.4, 0.5) is 5.69 Å². The summed E-state index contributed by atoms with van der Waals surface area (Å²) in [6, 6.07) is 23.6. The molecule has 0 saturated heterocycles. The van der Waals surface area contributed by atoms with Crippen LogP contribution in [0.5, 0.6) is 0 Å². The van der Waals surface area contributed by atoms with E-state index in [0.29, 0.717) is 17.9 Å². The Labute approximate surface area is 181 Å². The number of hydrogen-bond donors (Lipinski definition) is 1. The molecule has 0 radical (unpaired) electrons. The van der Waals surface area contributed by atoms with Crippen molar-refractivity contribution in [1.29, 1.82) is 0 Å². The smallest absolute Gasteiger partial charge is 0.251 e. The van der Waals surface area contributed by atoms with Crippen LogP contribution < -0.4 is 10.2 Å². The highest BCUT2D eigenvalue weighted by atomic mass is 32.2. The third kappa shape index (κ3) is 4.41. The lowest BCUT2D eigenvalue weighted by Crippen LogP contribution is -2.35. The molecule has 5 heteroatoms. The normalized spacial score (nSPS) is 14.2. The number of carbonyl (C=O) groups excluding carboxylic acids is 2. The maximum absolute atomic E-state index is 12.9. The van der Waals surface area contributed by atoms with Gasteiger partial charge >= 0.3 is 0 Å². The van der Waals surface area contributed by atoms with E-state index in [1.807, 2.05) is 86.6 Å². The summed E-state index contributed by atoms with van der Waals surface area (Å²) >= 11 is 1.52. The zero-order valence-electron chi connectivity index (χ0n) is 17.1. The molecule has 152 valence electrons. The van der Waals surface area contributed by atoms with E-state index in [0.717, 1.165) is 21.7 Å². The number of nitrogens with zero attached hydrogens (tertiary/aromatic N) is 1. The molecule has 1 aliphatic rings. The minimum atomic E-state index is -0.146. The number of hydrogen-bond acceptors (Lipinski definition) is 3. The molecule has 0 aliphatic carbocycles. The summed E-state index contributed by atoms with van der Waals surface area (Å²) in [6.45, 7) is 4.51. The predicted molar refractivity (Wildman–Crippen MR) is 122 cm³/mol. The van der Waals surface area contributed by atoms with E-state index in [2.05, 4.69) is 5.32 Å². The summed E-state index contributed by atoms with van der Waals surface area (Å²) in [5.74, 6) is 0.325. The monoisotopic (exact) mass is 416 g/mol. The molecule has 3 aromatic rings. The lowest BCUT2D eigenvalue weighted by molar-refractivity contribution is -0.116. The Morgan fingerprint density at radius 2 is 1.80 bits per heavy atom. The molecule has 3 aromatic carbocycles. The number of anilines is 1. The zero-order valence-corrected chi connectivity index (χ0v) is 17.9. The van der Waals surface area contributed by atoms with Crippen LogP contribution in [0.25, 0.3) is 0 Å². The van der Waals surface area contributed by atoms with Crippen molar-refractivity contribution >= 4 is 29.3 Å². The van der Waals surface area contributed by atoms with Crippen LogP contribution in [0.1, 0.15) is 40.0 Å². The topological polar surface area (TPSA) is 49.4 Å². The van der Waals surface area contributed by atoms with Crippen LogP contribution in [0.15, 0.2) is 77.7 Å². The molecule has 1 N–H and O–H groups in total. The van der Waals surface area contributed by atoms with E-state index in [4.69, 9.17) is 0 Å².